The highest BCUT2D eigenvalue weighted by atomic mass is 19.4. The van der Waals surface area contributed by atoms with Gasteiger partial charge in [0, 0.05) is 5.56 Å². The first-order valence-corrected chi connectivity index (χ1v) is 7.52. The van der Waals surface area contributed by atoms with Gasteiger partial charge in [-0.3, -0.25) is 9.59 Å². The summed E-state index contributed by atoms with van der Waals surface area (Å²) in [6.45, 7) is 1.68. The van der Waals surface area contributed by atoms with Crippen LogP contribution in [-0.2, 0) is 4.79 Å². The summed E-state index contributed by atoms with van der Waals surface area (Å²) in [5, 5.41) is 12.1. The number of carbonyl (C=O) groups excluding carboxylic acids is 1. The van der Waals surface area contributed by atoms with Crippen LogP contribution >= 0.6 is 0 Å². The second kappa shape index (κ2) is 6.70. The summed E-state index contributed by atoms with van der Waals surface area (Å²) in [6.07, 6.45) is -2.20. The van der Waals surface area contributed by atoms with Crippen molar-refractivity contribution in [3.05, 3.63) is 29.8 Å². The van der Waals surface area contributed by atoms with Gasteiger partial charge in [0.1, 0.15) is 5.75 Å². The zero-order valence-corrected chi connectivity index (χ0v) is 13.0. The van der Waals surface area contributed by atoms with Crippen LogP contribution in [-0.4, -0.2) is 28.9 Å². The molecule has 2 atom stereocenters. The summed E-state index contributed by atoms with van der Waals surface area (Å²) < 4.78 is 40.1. The van der Waals surface area contributed by atoms with E-state index in [-0.39, 0.29) is 5.56 Å². The van der Waals surface area contributed by atoms with Crippen LogP contribution in [0.15, 0.2) is 24.3 Å². The monoisotopic (exact) mass is 345 g/mol. The molecule has 132 valence electrons. The Morgan fingerprint density at radius 1 is 1.25 bits per heavy atom. The average molecular weight is 345 g/mol. The second-order valence-electron chi connectivity index (χ2n) is 6.08. The fourth-order valence-corrected chi connectivity index (χ4v) is 3.02. The molecule has 0 bridgehead atoms. The van der Waals surface area contributed by atoms with Gasteiger partial charge in [0.2, 0.25) is 0 Å². The molecule has 2 rings (SSSR count). The minimum atomic E-state index is -4.80. The van der Waals surface area contributed by atoms with Crippen LogP contribution in [0, 0.1) is 5.92 Å². The van der Waals surface area contributed by atoms with Gasteiger partial charge in [0.25, 0.3) is 5.91 Å². The Balaban J connectivity index is 2.09. The molecule has 0 radical (unpaired) electrons. The molecule has 2 unspecified atom stereocenters. The van der Waals surface area contributed by atoms with Crippen LogP contribution in [0.4, 0.5) is 13.2 Å². The molecule has 24 heavy (non-hydrogen) atoms. The smallest absolute Gasteiger partial charge is 0.481 e. The van der Waals surface area contributed by atoms with E-state index in [1.807, 2.05) is 0 Å². The highest BCUT2D eigenvalue weighted by Gasteiger charge is 2.42. The molecule has 0 heterocycles. The highest BCUT2D eigenvalue weighted by Crippen LogP contribution is 2.34. The highest BCUT2D eigenvalue weighted by molar-refractivity contribution is 5.95. The molecule has 1 aromatic rings. The quantitative estimate of drug-likeness (QED) is 0.877. The molecule has 1 fully saturated rings. The van der Waals surface area contributed by atoms with E-state index in [4.69, 9.17) is 0 Å². The van der Waals surface area contributed by atoms with Crippen molar-refractivity contribution in [2.75, 3.05) is 0 Å². The molecule has 1 aliphatic rings. The van der Waals surface area contributed by atoms with Crippen LogP contribution < -0.4 is 10.1 Å². The van der Waals surface area contributed by atoms with E-state index in [1.54, 1.807) is 6.92 Å². The lowest BCUT2D eigenvalue weighted by molar-refractivity contribution is -0.274. The number of rotatable bonds is 4. The molecule has 5 nitrogen and oxygen atoms in total. The SMILES string of the molecule is CC1(NC(=O)c2ccc(OC(F)(F)F)cc2)CCCCC1C(=O)O. The van der Waals surface area contributed by atoms with E-state index in [9.17, 15) is 27.9 Å². The van der Waals surface area contributed by atoms with Gasteiger partial charge in [-0.15, -0.1) is 13.2 Å². The average Bonchev–Trinajstić information content (AvgIpc) is 2.45. The van der Waals surface area contributed by atoms with E-state index >= 15 is 0 Å². The number of aliphatic carboxylic acids is 1. The maximum Gasteiger partial charge on any atom is 0.573 e. The van der Waals surface area contributed by atoms with Gasteiger partial charge >= 0.3 is 12.3 Å². The van der Waals surface area contributed by atoms with Crippen LogP contribution in [0.5, 0.6) is 5.75 Å². The zero-order chi connectivity index (χ0) is 18.0. The molecule has 0 aromatic heterocycles. The van der Waals surface area contributed by atoms with E-state index < -0.39 is 35.4 Å². The van der Waals surface area contributed by atoms with Crippen LogP contribution in [0.3, 0.4) is 0 Å². The molecule has 8 heteroatoms. The van der Waals surface area contributed by atoms with Gasteiger partial charge in [0.15, 0.2) is 0 Å². The number of carboxylic acid groups (broad SMARTS) is 1. The van der Waals surface area contributed by atoms with Gasteiger partial charge in [-0.1, -0.05) is 12.8 Å². The summed E-state index contributed by atoms with van der Waals surface area (Å²) >= 11 is 0. The van der Waals surface area contributed by atoms with Crippen molar-refractivity contribution in [1.82, 2.24) is 5.32 Å². The van der Waals surface area contributed by atoms with Crippen molar-refractivity contribution in [1.29, 1.82) is 0 Å². The number of hydrogen-bond acceptors (Lipinski definition) is 3. The van der Waals surface area contributed by atoms with Crippen molar-refractivity contribution < 1.29 is 32.6 Å². The minimum absolute atomic E-state index is 0.139. The molecular weight excluding hydrogens is 327 g/mol. The predicted octanol–water partition coefficient (Wildman–Crippen LogP) is 3.35. The molecule has 1 amide bonds. The first kappa shape index (κ1) is 18.1. The molecule has 2 N–H and O–H groups in total. The van der Waals surface area contributed by atoms with E-state index in [0.717, 1.165) is 25.0 Å². The Bertz CT molecular complexity index is 615. The van der Waals surface area contributed by atoms with Crippen LogP contribution in [0.25, 0.3) is 0 Å². The number of hydrogen-bond donors (Lipinski definition) is 2. The third-order valence-electron chi connectivity index (χ3n) is 4.26. The maximum atomic E-state index is 12.3. The second-order valence-corrected chi connectivity index (χ2v) is 6.08. The molecule has 0 aliphatic heterocycles. The number of halogens is 3. The molecule has 1 aromatic carbocycles. The molecule has 1 saturated carbocycles. The van der Waals surface area contributed by atoms with E-state index in [2.05, 4.69) is 10.1 Å². The van der Waals surface area contributed by atoms with Crippen LogP contribution in [0.1, 0.15) is 43.0 Å². The largest absolute Gasteiger partial charge is 0.573 e. The molecular formula is C16H18F3NO4. The van der Waals surface area contributed by atoms with Crippen molar-refractivity contribution in [2.24, 2.45) is 5.92 Å². The zero-order valence-electron chi connectivity index (χ0n) is 13.0. The van der Waals surface area contributed by atoms with Crippen molar-refractivity contribution in [2.45, 2.75) is 44.5 Å². The minimum Gasteiger partial charge on any atom is -0.481 e. The van der Waals surface area contributed by atoms with Gasteiger partial charge in [-0.05, 0) is 44.0 Å². The Morgan fingerprint density at radius 3 is 2.42 bits per heavy atom. The Morgan fingerprint density at radius 2 is 1.88 bits per heavy atom. The normalized spacial score (nSPS) is 24.2. The van der Waals surface area contributed by atoms with E-state index in [1.165, 1.54) is 12.1 Å². The third kappa shape index (κ3) is 4.39. The molecule has 0 saturated heterocycles. The summed E-state index contributed by atoms with van der Waals surface area (Å²) in [5.41, 5.74) is -0.747. The van der Waals surface area contributed by atoms with Gasteiger partial charge in [-0.25, -0.2) is 0 Å². The van der Waals surface area contributed by atoms with Crippen molar-refractivity contribution in [3.8, 4) is 5.75 Å². The maximum absolute atomic E-state index is 12.3. The topological polar surface area (TPSA) is 75.6 Å². The Hall–Kier alpha value is -2.25. The van der Waals surface area contributed by atoms with Gasteiger partial charge in [0.05, 0.1) is 11.5 Å². The Kier molecular flexibility index (Phi) is 5.05. The predicted molar refractivity (Wildman–Crippen MR) is 78.6 cm³/mol. The van der Waals surface area contributed by atoms with E-state index in [0.29, 0.717) is 12.8 Å². The lowest BCUT2D eigenvalue weighted by Gasteiger charge is -2.39. The first-order valence-electron chi connectivity index (χ1n) is 7.52. The summed E-state index contributed by atoms with van der Waals surface area (Å²) in [6, 6.07) is 4.50. The Labute approximate surface area is 136 Å². The van der Waals surface area contributed by atoms with Crippen molar-refractivity contribution >= 4 is 11.9 Å². The number of carboxylic acids is 1. The summed E-state index contributed by atoms with van der Waals surface area (Å²) in [4.78, 5) is 23.7. The third-order valence-corrected chi connectivity index (χ3v) is 4.26. The first-order chi connectivity index (χ1) is 11.1. The summed E-state index contributed by atoms with van der Waals surface area (Å²) in [7, 11) is 0. The number of benzene rings is 1. The lowest BCUT2D eigenvalue weighted by Crippen LogP contribution is -2.55. The number of ether oxygens (including phenoxy) is 1. The number of alkyl halides is 3. The fraction of sp³-hybridized carbons (Fsp3) is 0.500. The van der Waals surface area contributed by atoms with Crippen molar-refractivity contribution in [3.63, 3.8) is 0 Å². The standard InChI is InChI=1S/C16H18F3NO4/c1-15(9-3-2-4-12(15)14(22)23)20-13(21)10-5-7-11(8-6-10)24-16(17,18)19/h5-8,12H,2-4,9H2,1H3,(H,20,21)(H,22,23). The summed E-state index contributed by atoms with van der Waals surface area (Å²) in [5.74, 6) is -2.61. The molecule has 0 spiro atoms. The van der Waals surface area contributed by atoms with Crippen LogP contribution in [0.2, 0.25) is 0 Å². The molecule has 1 aliphatic carbocycles. The number of carbonyl (C=O) groups is 2. The lowest BCUT2D eigenvalue weighted by atomic mass is 9.73. The van der Waals surface area contributed by atoms with Gasteiger partial charge in [-0.2, -0.15) is 0 Å². The van der Waals surface area contributed by atoms with Gasteiger partial charge < -0.3 is 15.2 Å². The number of nitrogens with one attached hydrogen (secondary N) is 1. The fourth-order valence-electron chi connectivity index (χ4n) is 3.02. The number of amides is 1.